The lowest BCUT2D eigenvalue weighted by Crippen LogP contribution is -2.36. The van der Waals surface area contributed by atoms with Gasteiger partial charge in [-0.3, -0.25) is 0 Å². The average Bonchev–Trinajstić information content (AvgIpc) is 1.76. The zero-order valence-corrected chi connectivity index (χ0v) is 8.38. The van der Waals surface area contributed by atoms with E-state index < -0.39 is 5.92 Å². The summed E-state index contributed by atoms with van der Waals surface area (Å²) in [4.78, 5) is 0. The van der Waals surface area contributed by atoms with Crippen molar-refractivity contribution >= 4 is 0 Å². The summed E-state index contributed by atoms with van der Waals surface area (Å²) >= 11 is 0. The highest BCUT2D eigenvalue weighted by molar-refractivity contribution is 4.70. The Kier molecular flexibility index (Phi) is 4.11. The van der Waals surface area contributed by atoms with Crippen LogP contribution in [0.5, 0.6) is 0 Å². The Labute approximate surface area is 73.5 Å². The van der Waals surface area contributed by atoms with E-state index in [1.54, 1.807) is 0 Å². The molecular formula is C9H19F2N. The Hall–Kier alpha value is -0.180. The number of hydrogen-bond acceptors (Lipinski definition) is 1. The lowest BCUT2D eigenvalue weighted by Gasteiger charge is -2.21. The van der Waals surface area contributed by atoms with E-state index in [0.29, 0.717) is 13.0 Å². The van der Waals surface area contributed by atoms with Crippen molar-refractivity contribution in [1.29, 1.82) is 0 Å². The van der Waals surface area contributed by atoms with Crippen LogP contribution in [0.3, 0.4) is 0 Å². The van der Waals surface area contributed by atoms with E-state index in [2.05, 4.69) is 5.32 Å². The molecule has 0 aromatic carbocycles. The molecule has 0 aliphatic heterocycles. The van der Waals surface area contributed by atoms with Crippen molar-refractivity contribution in [2.24, 2.45) is 0 Å². The summed E-state index contributed by atoms with van der Waals surface area (Å²) in [5, 5.41) is 3.16. The maximum atomic E-state index is 12.3. The minimum Gasteiger partial charge on any atom is -0.312 e. The van der Waals surface area contributed by atoms with Gasteiger partial charge in [0.05, 0.1) is 0 Å². The van der Waals surface area contributed by atoms with Crippen molar-refractivity contribution < 1.29 is 8.78 Å². The monoisotopic (exact) mass is 179 g/mol. The highest BCUT2D eigenvalue weighted by atomic mass is 19.3. The SMILES string of the molecule is CC(F)(F)CCCNC(C)(C)C. The van der Waals surface area contributed by atoms with Gasteiger partial charge in [0.25, 0.3) is 0 Å². The van der Waals surface area contributed by atoms with Gasteiger partial charge in [-0.25, -0.2) is 8.78 Å². The quantitative estimate of drug-likeness (QED) is 0.654. The molecule has 0 fully saturated rings. The van der Waals surface area contributed by atoms with Crippen LogP contribution in [0.25, 0.3) is 0 Å². The molecule has 0 spiro atoms. The second-order valence-electron chi connectivity index (χ2n) is 4.35. The molecule has 0 heterocycles. The highest BCUT2D eigenvalue weighted by Crippen LogP contribution is 2.18. The average molecular weight is 179 g/mol. The van der Waals surface area contributed by atoms with Crippen LogP contribution in [0.15, 0.2) is 0 Å². The third-order valence-electron chi connectivity index (χ3n) is 1.45. The second kappa shape index (κ2) is 4.17. The molecule has 0 aromatic rings. The Morgan fingerprint density at radius 1 is 1.08 bits per heavy atom. The first kappa shape index (κ1) is 11.8. The van der Waals surface area contributed by atoms with Gasteiger partial charge >= 0.3 is 0 Å². The van der Waals surface area contributed by atoms with Crippen LogP contribution in [0.2, 0.25) is 0 Å². The van der Waals surface area contributed by atoms with Crippen LogP contribution in [0, 0.1) is 0 Å². The summed E-state index contributed by atoms with van der Waals surface area (Å²) in [5.41, 5.74) is 0.0308. The topological polar surface area (TPSA) is 12.0 Å². The molecule has 0 amide bonds. The third-order valence-corrected chi connectivity index (χ3v) is 1.45. The van der Waals surface area contributed by atoms with Crippen molar-refractivity contribution in [1.82, 2.24) is 5.32 Å². The number of rotatable bonds is 4. The molecule has 0 aromatic heterocycles. The fourth-order valence-corrected chi connectivity index (χ4v) is 0.862. The van der Waals surface area contributed by atoms with Crippen molar-refractivity contribution in [2.45, 2.75) is 52.0 Å². The normalized spacial score (nSPS) is 13.5. The smallest absolute Gasteiger partial charge is 0.245 e. The molecular weight excluding hydrogens is 160 g/mol. The molecule has 74 valence electrons. The Morgan fingerprint density at radius 2 is 1.58 bits per heavy atom. The van der Waals surface area contributed by atoms with Crippen LogP contribution in [0.4, 0.5) is 8.78 Å². The third kappa shape index (κ3) is 9.82. The van der Waals surface area contributed by atoms with Gasteiger partial charge in [-0.05, 0) is 40.7 Å². The van der Waals surface area contributed by atoms with Crippen LogP contribution >= 0.6 is 0 Å². The van der Waals surface area contributed by atoms with Gasteiger partial charge in [-0.15, -0.1) is 0 Å². The number of halogens is 2. The van der Waals surface area contributed by atoms with E-state index in [-0.39, 0.29) is 12.0 Å². The van der Waals surface area contributed by atoms with Crippen molar-refractivity contribution in [3.8, 4) is 0 Å². The predicted molar refractivity (Wildman–Crippen MR) is 47.6 cm³/mol. The van der Waals surface area contributed by atoms with Gasteiger partial charge in [-0.1, -0.05) is 0 Å². The Balaban J connectivity index is 3.35. The molecule has 0 bridgehead atoms. The first-order valence-corrected chi connectivity index (χ1v) is 4.34. The van der Waals surface area contributed by atoms with E-state index >= 15 is 0 Å². The van der Waals surface area contributed by atoms with Gasteiger partial charge in [0.15, 0.2) is 0 Å². The molecule has 0 rings (SSSR count). The molecule has 1 nitrogen and oxygen atoms in total. The van der Waals surface area contributed by atoms with Crippen molar-refractivity contribution in [3.05, 3.63) is 0 Å². The summed E-state index contributed by atoms with van der Waals surface area (Å²) in [6.07, 6.45) is 0.497. The van der Waals surface area contributed by atoms with Crippen LogP contribution < -0.4 is 5.32 Å². The molecule has 0 atom stereocenters. The minimum absolute atomic E-state index is 0.0308. The van der Waals surface area contributed by atoms with Gasteiger partial charge < -0.3 is 5.32 Å². The first-order valence-electron chi connectivity index (χ1n) is 4.34. The molecule has 3 heteroatoms. The zero-order chi connectivity index (χ0) is 9.83. The maximum absolute atomic E-state index is 12.3. The van der Waals surface area contributed by atoms with Gasteiger partial charge in [-0.2, -0.15) is 0 Å². The molecule has 0 radical (unpaired) electrons. The Morgan fingerprint density at radius 3 is 1.92 bits per heavy atom. The number of hydrogen-bond donors (Lipinski definition) is 1. The minimum atomic E-state index is -2.51. The first-order chi connectivity index (χ1) is 5.21. The van der Waals surface area contributed by atoms with Gasteiger partial charge in [0.1, 0.15) is 0 Å². The van der Waals surface area contributed by atoms with E-state index in [1.807, 2.05) is 20.8 Å². The lowest BCUT2D eigenvalue weighted by molar-refractivity contribution is 0.0107. The second-order valence-corrected chi connectivity index (χ2v) is 4.35. The number of nitrogens with one attached hydrogen (secondary N) is 1. The van der Waals surface area contributed by atoms with Gasteiger partial charge in [0.2, 0.25) is 5.92 Å². The van der Waals surface area contributed by atoms with Gasteiger partial charge in [0, 0.05) is 12.0 Å². The highest BCUT2D eigenvalue weighted by Gasteiger charge is 2.20. The zero-order valence-electron chi connectivity index (χ0n) is 8.38. The fourth-order valence-electron chi connectivity index (χ4n) is 0.862. The summed E-state index contributed by atoms with van der Waals surface area (Å²) < 4.78 is 24.6. The molecule has 0 unspecified atom stereocenters. The standard InChI is InChI=1S/C9H19F2N/c1-8(2,3)12-7-5-6-9(4,10)11/h12H,5-7H2,1-4H3. The number of alkyl halides is 2. The molecule has 0 saturated carbocycles. The largest absolute Gasteiger partial charge is 0.312 e. The molecule has 12 heavy (non-hydrogen) atoms. The van der Waals surface area contributed by atoms with E-state index in [4.69, 9.17) is 0 Å². The summed E-state index contributed by atoms with van der Waals surface area (Å²) in [6, 6.07) is 0. The van der Waals surface area contributed by atoms with E-state index in [0.717, 1.165) is 6.92 Å². The summed E-state index contributed by atoms with van der Waals surface area (Å²) in [5.74, 6) is -2.51. The fraction of sp³-hybridized carbons (Fsp3) is 1.00. The van der Waals surface area contributed by atoms with Crippen molar-refractivity contribution in [2.75, 3.05) is 6.54 Å². The Bertz CT molecular complexity index is 105. The summed E-state index contributed by atoms with van der Waals surface area (Å²) in [7, 11) is 0. The van der Waals surface area contributed by atoms with E-state index in [9.17, 15) is 8.78 Å². The molecule has 0 aliphatic carbocycles. The summed E-state index contributed by atoms with van der Waals surface area (Å²) in [6.45, 7) is 7.70. The van der Waals surface area contributed by atoms with Crippen LogP contribution in [0.1, 0.15) is 40.5 Å². The van der Waals surface area contributed by atoms with Crippen LogP contribution in [-0.4, -0.2) is 18.0 Å². The molecule has 1 N–H and O–H groups in total. The van der Waals surface area contributed by atoms with Crippen molar-refractivity contribution in [3.63, 3.8) is 0 Å². The lowest BCUT2D eigenvalue weighted by atomic mass is 10.1. The molecule has 0 saturated heterocycles. The molecule has 0 aliphatic rings. The van der Waals surface area contributed by atoms with E-state index in [1.165, 1.54) is 0 Å². The predicted octanol–water partition coefficient (Wildman–Crippen LogP) is 2.81. The van der Waals surface area contributed by atoms with Crippen LogP contribution in [-0.2, 0) is 0 Å². The maximum Gasteiger partial charge on any atom is 0.245 e.